The number of halogens is 4. The zero-order valence-electron chi connectivity index (χ0n) is 8.05. The zero-order chi connectivity index (χ0) is 10.5. The smallest absolute Gasteiger partial charge is 0.271 e. The van der Waals surface area contributed by atoms with Gasteiger partial charge in [-0.15, -0.1) is 0 Å². The molecule has 0 nitrogen and oxygen atoms in total. The summed E-state index contributed by atoms with van der Waals surface area (Å²) in [5.41, 5.74) is -1.03. The Morgan fingerprint density at radius 1 is 0.769 bits per heavy atom. The molecule has 0 aromatic heterocycles. The Morgan fingerprint density at radius 2 is 1.08 bits per heavy atom. The summed E-state index contributed by atoms with van der Waals surface area (Å²) in [6.45, 7) is 3.22. The highest BCUT2D eigenvalue weighted by atomic mass is 28.5. The van der Waals surface area contributed by atoms with Gasteiger partial charge in [0, 0.05) is 0 Å². The summed E-state index contributed by atoms with van der Waals surface area (Å²) in [6, 6.07) is -0.557. The van der Waals surface area contributed by atoms with Gasteiger partial charge in [0.2, 0.25) is 0 Å². The maximum absolute atomic E-state index is 12.9. The largest absolute Gasteiger partial charge is 0.427 e. The van der Waals surface area contributed by atoms with E-state index < -0.39 is 23.2 Å². The topological polar surface area (TPSA) is 0 Å². The molecule has 0 bridgehead atoms. The lowest BCUT2D eigenvalue weighted by Crippen LogP contribution is -2.35. The fraction of sp³-hybridized carbons (Fsp3) is 1.00. The monoisotopic (exact) mass is 232 g/mol. The molecule has 0 saturated carbocycles. The van der Waals surface area contributed by atoms with Crippen molar-refractivity contribution in [2.24, 2.45) is 0 Å². The molecule has 0 radical (unpaired) electrons. The van der Waals surface area contributed by atoms with Crippen LogP contribution in [0.2, 0.25) is 17.8 Å². The lowest BCUT2D eigenvalue weighted by atomic mass is 10.6. The minimum absolute atomic E-state index is 0.278. The highest BCUT2D eigenvalue weighted by Gasteiger charge is 2.48. The number of hydrogen-bond acceptors (Lipinski definition) is 0. The maximum atomic E-state index is 12.9. The van der Waals surface area contributed by atoms with E-state index in [0.717, 1.165) is 0 Å². The van der Waals surface area contributed by atoms with Crippen LogP contribution in [0.1, 0.15) is 26.7 Å². The van der Waals surface area contributed by atoms with Crippen LogP contribution in [-0.4, -0.2) is 17.5 Å². The van der Waals surface area contributed by atoms with Crippen LogP contribution < -0.4 is 0 Å². The lowest BCUT2D eigenvalue weighted by Gasteiger charge is -2.17. The highest BCUT2D eigenvalue weighted by molar-refractivity contribution is 6.84. The molecule has 0 aliphatic carbocycles. The Hall–Kier alpha value is 0.154. The Kier molecular flexibility index (Phi) is 5.20. The molecule has 13 heavy (non-hydrogen) atoms. The van der Waals surface area contributed by atoms with Crippen molar-refractivity contribution in [2.75, 3.05) is 0 Å². The van der Waals surface area contributed by atoms with Gasteiger partial charge in [-0.2, -0.15) is 0 Å². The molecule has 0 rings (SSSR count). The molecule has 0 unspecified atom stereocenters. The Balaban J connectivity index is 4.07. The normalized spacial score (nSPS) is 13.4. The third-order valence-electron chi connectivity index (χ3n) is 1.75. The van der Waals surface area contributed by atoms with Gasteiger partial charge in [0.1, 0.15) is 0 Å². The summed E-state index contributed by atoms with van der Waals surface area (Å²) in [6.07, 6.45) is 0.631. The van der Waals surface area contributed by atoms with E-state index >= 15 is 0 Å². The average molecular weight is 232 g/mol. The van der Waals surface area contributed by atoms with Crippen molar-refractivity contribution in [1.82, 2.24) is 0 Å². The van der Waals surface area contributed by atoms with E-state index in [2.05, 4.69) is 0 Å². The molecule has 0 aromatic rings. The van der Waals surface area contributed by atoms with Gasteiger partial charge in [-0.05, 0) is 12.1 Å². The van der Waals surface area contributed by atoms with Crippen LogP contribution in [0.3, 0.4) is 0 Å². The molecule has 0 N–H and O–H groups in total. The summed E-state index contributed by atoms with van der Waals surface area (Å²) in [5.74, 6) is 0. The van der Waals surface area contributed by atoms with E-state index in [0.29, 0.717) is 12.8 Å². The van der Waals surface area contributed by atoms with Crippen LogP contribution in [-0.2, 0) is 0 Å². The van der Waals surface area contributed by atoms with E-state index in [9.17, 15) is 16.4 Å². The van der Waals surface area contributed by atoms with Crippen LogP contribution in [0.4, 0.5) is 16.4 Å². The minimum Gasteiger partial charge on any atom is -0.271 e. The van der Waals surface area contributed by atoms with Crippen LogP contribution in [0.25, 0.3) is 0 Å². The molecule has 0 fully saturated rings. The summed E-state index contributed by atoms with van der Waals surface area (Å²) >= 11 is 0. The van der Waals surface area contributed by atoms with E-state index in [1.165, 1.54) is 0 Å². The van der Waals surface area contributed by atoms with Gasteiger partial charge in [0.05, 0.1) is 5.67 Å². The van der Waals surface area contributed by atoms with Gasteiger partial charge in [-0.3, -0.25) is 16.4 Å². The molecule has 6 heteroatoms. The fourth-order valence-electron chi connectivity index (χ4n) is 1.29. The number of rotatable bonds is 6. The van der Waals surface area contributed by atoms with Crippen molar-refractivity contribution in [3.63, 3.8) is 0 Å². The van der Waals surface area contributed by atoms with Crippen molar-refractivity contribution in [3.05, 3.63) is 0 Å². The maximum Gasteiger partial charge on any atom is 0.427 e. The molecule has 0 heterocycles. The molecule has 0 spiro atoms. The third-order valence-corrected chi connectivity index (χ3v) is 8.35. The van der Waals surface area contributed by atoms with Gasteiger partial charge >= 0.3 is 17.5 Å². The van der Waals surface area contributed by atoms with Gasteiger partial charge in [-0.25, -0.2) is 0 Å². The van der Waals surface area contributed by atoms with Crippen molar-refractivity contribution in [1.29, 1.82) is 0 Å². The first kappa shape index (κ1) is 13.2. The molecule has 0 aliphatic rings. The van der Waals surface area contributed by atoms with Gasteiger partial charge in [0.25, 0.3) is 0 Å². The Morgan fingerprint density at radius 3 is 1.31 bits per heavy atom. The van der Waals surface area contributed by atoms with E-state index in [4.69, 9.17) is 0 Å². The number of hydrogen-bond donors (Lipinski definition) is 0. The van der Waals surface area contributed by atoms with Crippen LogP contribution >= 0.6 is 0 Å². The Labute approximate surface area is 79.0 Å². The van der Waals surface area contributed by atoms with Gasteiger partial charge < -0.3 is 0 Å². The lowest BCUT2D eigenvalue weighted by molar-refractivity contribution is 0.553. The predicted octanol–water partition coefficient (Wildman–Crippen LogP) is 4.11. The standard InChI is InChI=1S/C7H16F4Si2/c1-3-5-12(8,9)7-13(10,11)6-4-2/h3-7H2,1-2H3. The molecule has 80 valence electrons. The summed E-state index contributed by atoms with van der Waals surface area (Å²) < 4.78 is 51.7. The van der Waals surface area contributed by atoms with Crippen LogP contribution in [0.5, 0.6) is 0 Å². The van der Waals surface area contributed by atoms with Crippen molar-refractivity contribution in [3.8, 4) is 0 Å². The third kappa shape index (κ3) is 6.25. The summed E-state index contributed by atoms with van der Waals surface area (Å²) in [5, 5.41) is 0. The SMILES string of the molecule is CCC[Si](F)(F)C[Si](F)(F)CCC. The molecule has 0 atom stereocenters. The predicted molar refractivity (Wildman–Crippen MR) is 50.9 cm³/mol. The van der Waals surface area contributed by atoms with Crippen molar-refractivity contribution < 1.29 is 16.4 Å². The molecular formula is C7H16F4Si2. The molecule has 0 aliphatic heterocycles. The summed E-state index contributed by atoms with van der Waals surface area (Å²) in [4.78, 5) is 0. The molecule has 0 amide bonds. The molecule has 0 saturated heterocycles. The van der Waals surface area contributed by atoms with E-state index in [1.54, 1.807) is 13.8 Å². The first-order valence-electron chi connectivity index (χ1n) is 4.58. The minimum atomic E-state index is -4.56. The second-order valence-corrected chi connectivity index (χ2v) is 9.23. The quantitative estimate of drug-likeness (QED) is 0.367. The molecule has 0 aromatic carbocycles. The molecular weight excluding hydrogens is 216 g/mol. The second-order valence-electron chi connectivity index (χ2n) is 3.39. The van der Waals surface area contributed by atoms with Crippen LogP contribution in [0.15, 0.2) is 0 Å². The van der Waals surface area contributed by atoms with Crippen LogP contribution in [0, 0.1) is 0 Å². The second kappa shape index (κ2) is 5.14. The highest BCUT2D eigenvalue weighted by Crippen LogP contribution is 2.31. The summed E-state index contributed by atoms with van der Waals surface area (Å²) in [7, 11) is -9.13. The average Bonchev–Trinajstić information content (AvgIpc) is 1.82. The zero-order valence-corrected chi connectivity index (χ0v) is 10.0. The van der Waals surface area contributed by atoms with Gasteiger partial charge in [0.15, 0.2) is 0 Å². The van der Waals surface area contributed by atoms with E-state index in [1.807, 2.05) is 0 Å². The van der Waals surface area contributed by atoms with Crippen molar-refractivity contribution >= 4 is 17.5 Å². The van der Waals surface area contributed by atoms with E-state index in [-0.39, 0.29) is 12.1 Å². The first-order valence-corrected chi connectivity index (χ1v) is 8.92. The van der Waals surface area contributed by atoms with Crippen molar-refractivity contribution in [2.45, 2.75) is 44.4 Å². The van der Waals surface area contributed by atoms with Gasteiger partial charge in [-0.1, -0.05) is 26.7 Å². The first-order chi connectivity index (χ1) is 5.83. The fourth-order valence-corrected chi connectivity index (χ4v) is 7.19. The Bertz CT molecular complexity index is 133.